The Kier molecular flexibility index (Phi) is 4.10. The number of carbonyl (C=O) groups is 1. The number of thiophene rings is 1. The molecule has 0 radical (unpaired) electrons. The van der Waals surface area contributed by atoms with Gasteiger partial charge in [-0.25, -0.2) is 4.39 Å². The Balaban J connectivity index is 1.86. The number of rotatable bonds is 3. The number of nitrogens with zero attached hydrogens (tertiary/aromatic N) is 1. The molecule has 8 heteroatoms. The molecule has 0 atom stereocenters. The van der Waals surface area contributed by atoms with Crippen LogP contribution in [-0.2, 0) is 13.0 Å². The molecule has 0 spiro atoms. The van der Waals surface area contributed by atoms with Crippen molar-refractivity contribution in [2.75, 3.05) is 11.9 Å². The van der Waals surface area contributed by atoms with Crippen LogP contribution in [-0.4, -0.2) is 17.4 Å². The third kappa shape index (κ3) is 2.95. The first-order valence-electron chi connectivity index (χ1n) is 7.04. The molecule has 0 aliphatic carbocycles. The number of aryl methyl sites for hydroxylation is 1. The molecule has 6 nitrogen and oxygen atoms in total. The highest BCUT2D eigenvalue weighted by Gasteiger charge is 2.22. The SMILES string of the molecule is Cc1sc(C(=O)Nc2ccc3c(c2F)CCNC3)cc1[N+](=O)[O-]. The van der Waals surface area contributed by atoms with Crippen molar-refractivity contribution >= 4 is 28.6 Å². The smallest absolute Gasteiger partial charge is 0.283 e. The number of hydrogen-bond acceptors (Lipinski definition) is 5. The van der Waals surface area contributed by atoms with E-state index in [1.807, 2.05) is 0 Å². The summed E-state index contributed by atoms with van der Waals surface area (Å²) in [6.45, 7) is 2.88. The van der Waals surface area contributed by atoms with Crippen molar-refractivity contribution in [2.24, 2.45) is 0 Å². The Labute approximate surface area is 135 Å². The van der Waals surface area contributed by atoms with Crippen LogP contribution in [0.4, 0.5) is 15.8 Å². The first-order chi connectivity index (χ1) is 11.0. The van der Waals surface area contributed by atoms with Gasteiger partial charge in [0, 0.05) is 12.6 Å². The van der Waals surface area contributed by atoms with Gasteiger partial charge >= 0.3 is 0 Å². The molecule has 1 aromatic carbocycles. The monoisotopic (exact) mass is 335 g/mol. The fourth-order valence-corrected chi connectivity index (χ4v) is 3.46. The summed E-state index contributed by atoms with van der Waals surface area (Å²) < 4.78 is 14.5. The molecule has 1 aromatic heterocycles. The summed E-state index contributed by atoms with van der Waals surface area (Å²) in [5.74, 6) is -0.973. The van der Waals surface area contributed by atoms with Gasteiger partial charge in [0.15, 0.2) is 0 Å². The molecule has 0 saturated carbocycles. The predicted octanol–water partition coefficient (Wildman–Crippen LogP) is 3.00. The van der Waals surface area contributed by atoms with Crippen molar-refractivity contribution in [3.05, 3.63) is 55.0 Å². The molecular formula is C15H14FN3O3S. The second-order valence-corrected chi connectivity index (χ2v) is 6.51. The van der Waals surface area contributed by atoms with Gasteiger partial charge in [-0.2, -0.15) is 0 Å². The lowest BCUT2D eigenvalue weighted by molar-refractivity contribution is -0.385. The fourth-order valence-electron chi connectivity index (χ4n) is 2.58. The van der Waals surface area contributed by atoms with Crippen LogP contribution in [0.2, 0.25) is 0 Å². The Morgan fingerprint density at radius 3 is 2.96 bits per heavy atom. The molecule has 1 aliphatic rings. The summed E-state index contributed by atoms with van der Waals surface area (Å²) in [5, 5.41) is 16.5. The molecular weight excluding hydrogens is 321 g/mol. The first kappa shape index (κ1) is 15.6. The lowest BCUT2D eigenvalue weighted by Crippen LogP contribution is -2.25. The van der Waals surface area contributed by atoms with Gasteiger partial charge in [0.05, 0.1) is 20.4 Å². The van der Waals surface area contributed by atoms with Crippen molar-refractivity contribution in [2.45, 2.75) is 19.9 Å². The highest BCUT2D eigenvalue weighted by molar-refractivity contribution is 7.14. The summed E-state index contributed by atoms with van der Waals surface area (Å²) in [5.41, 5.74) is 1.49. The van der Waals surface area contributed by atoms with Crippen molar-refractivity contribution in [3.8, 4) is 0 Å². The molecule has 1 aliphatic heterocycles. The number of hydrogen-bond donors (Lipinski definition) is 2. The number of anilines is 1. The molecule has 2 aromatic rings. The molecule has 0 bridgehead atoms. The van der Waals surface area contributed by atoms with E-state index in [2.05, 4.69) is 10.6 Å². The van der Waals surface area contributed by atoms with E-state index < -0.39 is 16.6 Å². The quantitative estimate of drug-likeness (QED) is 0.667. The van der Waals surface area contributed by atoms with Gasteiger partial charge in [-0.15, -0.1) is 11.3 Å². The van der Waals surface area contributed by atoms with Crippen LogP contribution in [0.3, 0.4) is 0 Å². The van der Waals surface area contributed by atoms with Crippen LogP contribution in [0.5, 0.6) is 0 Å². The Bertz CT molecular complexity index is 804. The molecule has 23 heavy (non-hydrogen) atoms. The highest BCUT2D eigenvalue weighted by Crippen LogP contribution is 2.30. The standard InChI is InChI=1S/C15H14FN3O3S/c1-8-12(19(21)22)6-13(23-8)15(20)18-11-3-2-9-7-17-5-4-10(9)14(11)16/h2-3,6,17H,4-5,7H2,1H3,(H,18,20). The number of benzene rings is 1. The molecule has 2 heterocycles. The summed E-state index contributed by atoms with van der Waals surface area (Å²) in [7, 11) is 0. The van der Waals surface area contributed by atoms with Crippen LogP contribution in [0.1, 0.15) is 25.7 Å². The minimum atomic E-state index is -0.543. The van der Waals surface area contributed by atoms with Crippen molar-refractivity contribution in [3.63, 3.8) is 0 Å². The van der Waals surface area contributed by atoms with E-state index in [-0.39, 0.29) is 16.3 Å². The Morgan fingerprint density at radius 1 is 1.48 bits per heavy atom. The Hall–Kier alpha value is -2.32. The number of nitrogens with one attached hydrogen (secondary N) is 2. The average molecular weight is 335 g/mol. The van der Waals surface area contributed by atoms with Crippen molar-refractivity contribution < 1.29 is 14.1 Å². The van der Waals surface area contributed by atoms with Crippen LogP contribution < -0.4 is 10.6 Å². The second kappa shape index (κ2) is 6.05. The van der Waals surface area contributed by atoms with Gasteiger partial charge in [0.25, 0.3) is 11.6 Å². The summed E-state index contributed by atoms with van der Waals surface area (Å²) in [6.07, 6.45) is 0.564. The van der Waals surface area contributed by atoms with E-state index in [4.69, 9.17) is 0 Å². The number of fused-ring (bicyclic) bond motifs is 1. The zero-order valence-corrected chi connectivity index (χ0v) is 13.1. The van der Waals surface area contributed by atoms with E-state index in [0.717, 1.165) is 16.9 Å². The number of nitro groups is 1. The largest absolute Gasteiger partial charge is 0.319 e. The third-order valence-electron chi connectivity index (χ3n) is 3.77. The van der Waals surface area contributed by atoms with Gasteiger partial charge in [-0.3, -0.25) is 14.9 Å². The molecule has 2 N–H and O–H groups in total. The van der Waals surface area contributed by atoms with E-state index in [0.29, 0.717) is 30.0 Å². The lowest BCUT2D eigenvalue weighted by atomic mass is 9.99. The zero-order valence-electron chi connectivity index (χ0n) is 12.3. The number of halogens is 1. The van der Waals surface area contributed by atoms with Crippen LogP contribution in [0.15, 0.2) is 18.2 Å². The van der Waals surface area contributed by atoms with Crippen LogP contribution in [0.25, 0.3) is 0 Å². The highest BCUT2D eigenvalue weighted by atomic mass is 32.1. The predicted molar refractivity (Wildman–Crippen MR) is 85.5 cm³/mol. The number of carbonyl (C=O) groups excluding carboxylic acids is 1. The molecule has 1 amide bonds. The summed E-state index contributed by atoms with van der Waals surface area (Å²) >= 11 is 1.02. The molecule has 120 valence electrons. The van der Waals surface area contributed by atoms with Crippen molar-refractivity contribution in [1.82, 2.24) is 5.32 Å². The van der Waals surface area contributed by atoms with Gasteiger partial charge in [0.1, 0.15) is 5.82 Å². The van der Waals surface area contributed by atoms with Gasteiger partial charge < -0.3 is 10.6 Å². The maximum Gasteiger partial charge on any atom is 0.283 e. The maximum atomic E-state index is 14.5. The first-order valence-corrected chi connectivity index (χ1v) is 7.86. The van der Waals surface area contributed by atoms with Gasteiger partial charge in [-0.1, -0.05) is 6.07 Å². The zero-order chi connectivity index (χ0) is 16.6. The normalized spacial score (nSPS) is 13.5. The molecule has 3 rings (SSSR count). The molecule has 0 saturated heterocycles. The lowest BCUT2D eigenvalue weighted by Gasteiger charge is -2.19. The summed E-state index contributed by atoms with van der Waals surface area (Å²) in [4.78, 5) is 23.2. The van der Waals surface area contributed by atoms with Crippen molar-refractivity contribution in [1.29, 1.82) is 0 Å². The fraction of sp³-hybridized carbons (Fsp3) is 0.267. The topological polar surface area (TPSA) is 84.3 Å². The number of amides is 1. The molecule has 0 fully saturated rings. The minimum Gasteiger partial charge on any atom is -0.319 e. The van der Waals surface area contributed by atoms with E-state index in [1.54, 1.807) is 13.0 Å². The van der Waals surface area contributed by atoms with Gasteiger partial charge in [-0.05, 0) is 37.1 Å². The van der Waals surface area contributed by atoms with E-state index >= 15 is 0 Å². The minimum absolute atomic E-state index is 0.0999. The summed E-state index contributed by atoms with van der Waals surface area (Å²) in [6, 6.07) is 4.52. The Morgan fingerprint density at radius 2 is 2.26 bits per heavy atom. The molecule has 0 unspecified atom stereocenters. The van der Waals surface area contributed by atoms with Gasteiger partial charge in [0.2, 0.25) is 0 Å². The van der Waals surface area contributed by atoms with E-state index in [1.165, 1.54) is 12.1 Å². The van der Waals surface area contributed by atoms with Crippen LogP contribution in [0, 0.1) is 22.9 Å². The maximum absolute atomic E-state index is 14.5. The van der Waals surface area contributed by atoms with E-state index in [9.17, 15) is 19.3 Å². The van der Waals surface area contributed by atoms with Crippen LogP contribution >= 0.6 is 11.3 Å². The average Bonchev–Trinajstić information content (AvgIpc) is 2.92. The second-order valence-electron chi connectivity index (χ2n) is 5.25. The third-order valence-corrected chi connectivity index (χ3v) is 4.81.